The fourth-order valence-electron chi connectivity index (χ4n) is 3.64. The summed E-state index contributed by atoms with van der Waals surface area (Å²) in [4.78, 5) is 16.6. The van der Waals surface area contributed by atoms with Crippen LogP contribution < -0.4 is 10.5 Å². The number of nitrogens with zero attached hydrogens (tertiary/aromatic N) is 2. The van der Waals surface area contributed by atoms with E-state index in [1.165, 1.54) is 0 Å². The van der Waals surface area contributed by atoms with E-state index in [0.717, 1.165) is 59.5 Å². The number of amides is 1. The minimum absolute atomic E-state index is 0.0390. The molecule has 1 fully saturated rings. The number of piperazine rings is 1. The third-order valence-corrected chi connectivity index (χ3v) is 5.29. The summed E-state index contributed by atoms with van der Waals surface area (Å²) in [6.07, 6.45) is 0. The molecule has 1 amide bonds. The first kappa shape index (κ1) is 18.3. The molecule has 3 aromatic carbocycles. The van der Waals surface area contributed by atoms with Crippen LogP contribution in [-0.2, 0) is 4.79 Å². The third kappa shape index (κ3) is 3.80. The van der Waals surface area contributed by atoms with Gasteiger partial charge in [-0.1, -0.05) is 42.5 Å². The Hall–Kier alpha value is -3.05. The number of rotatable bonds is 4. The Bertz CT molecular complexity index is 994. The van der Waals surface area contributed by atoms with Crippen molar-refractivity contribution in [3.8, 4) is 16.9 Å². The Labute approximate surface area is 165 Å². The summed E-state index contributed by atoms with van der Waals surface area (Å²) in [5.41, 5.74) is 8.86. The van der Waals surface area contributed by atoms with Crippen LogP contribution in [-0.4, -0.2) is 55.5 Å². The van der Waals surface area contributed by atoms with Crippen molar-refractivity contribution in [2.45, 2.75) is 0 Å². The first-order valence-electron chi connectivity index (χ1n) is 9.58. The van der Waals surface area contributed by atoms with E-state index >= 15 is 0 Å². The lowest BCUT2D eigenvalue weighted by Crippen LogP contribution is -2.48. The monoisotopic (exact) mass is 375 g/mol. The Balaban J connectivity index is 1.57. The number of hydrogen-bond acceptors (Lipinski definition) is 4. The molecule has 3 aromatic rings. The molecule has 0 atom stereocenters. The Morgan fingerprint density at radius 1 is 0.964 bits per heavy atom. The van der Waals surface area contributed by atoms with E-state index in [9.17, 15) is 4.79 Å². The molecule has 0 aromatic heterocycles. The summed E-state index contributed by atoms with van der Waals surface area (Å²) >= 11 is 0. The minimum atomic E-state index is 0.0390. The molecule has 0 unspecified atom stereocenters. The second kappa shape index (κ2) is 7.90. The lowest BCUT2D eigenvalue weighted by Gasteiger charge is -2.32. The van der Waals surface area contributed by atoms with Crippen LogP contribution in [0, 0.1) is 0 Å². The molecule has 0 spiro atoms. The zero-order chi connectivity index (χ0) is 19.5. The molecule has 0 radical (unpaired) electrons. The van der Waals surface area contributed by atoms with E-state index in [2.05, 4.69) is 24.1 Å². The predicted octanol–water partition coefficient (Wildman–Crippen LogP) is 3.24. The van der Waals surface area contributed by atoms with Crippen molar-refractivity contribution in [2.24, 2.45) is 0 Å². The van der Waals surface area contributed by atoms with Crippen LogP contribution in [0.2, 0.25) is 0 Å². The average Bonchev–Trinajstić information content (AvgIpc) is 2.72. The lowest BCUT2D eigenvalue weighted by molar-refractivity contribution is -0.134. The van der Waals surface area contributed by atoms with Gasteiger partial charge in [-0.3, -0.25) is 4.79 Å². The molecule has 144 valence electrons. The van der Waals surface area contributed by atoms with E-state index < -0.39 is 0 Å². The Morgan fingerprint density at radius 3 is 2.46 bits per heavy atom. The molecule has 1 aliphatic rings. The van der Waals surface area contributed by atoms with E-state index in [0.29, 0.717) is 0 Å². The summed E-state index contributed by atoms with van der Waals surface area (Å²) in [6, 6.07) is 19.9. The molecular weight excluding hydrogens is 350 g/mol. The van der Waals surface area contributed by atoms with Crippen LogP contribution >= 0.6 is 0 Å². The molecule has 1 heterocycles. The number of ether oxygens (including phenoxy) is 1. The van der Waals surface area contributed by atoms with Crippen LogP contribution in [0.4, 0.5) is 5.69 Å². The standard InChI is InChI=1S/C23H25N3O2/c1-25-11-13-26(14-12-25)23(27)16-28-22-10-9-19(17-5-4-6-18(24)15-17)20-7-2-3-8-21(20)22/h2-10,15H,11-14,16,24H2,1H3. The van der Waals surface area contributed by atoms with Crippen molar-refractivity contribution in [3.63, 3.8) is 0 Å². The molecule has 2 N–H and O–H groups in total. The van der Waals surface area contributed by atoms with Crippen molar-refractivity contribution < 1.29 is 9.53 Å². The van der Waals surface area contributed by atoms with Gasteiger partial charge in [-0.15, -0.1) is 0 Å². The fourth-order valence-corrected chi connectivity index (χ4v) is 3.64. The maximum Gasteiger partial charge on any atom is 0.260 e. The fraction of sp³-hybridized carbons (Fsp3) is 0.261. The zero-order valence-corrected chi connectivity index (χ0v) is 16.1. The van der Waals surface area contributed by atoms with E-state index in [1.54, 1.807) is 0 Å². The second-order valence-electron chi connectivity index (χ2n) is 7.26. The van der Waals surface area contributed by atoms with Crippen LogP contribution in [0.5, 0.6) is 5.75 Å². The largest absolute Gasteiger partial charge is 0.483 e. The summed E-state index contributed by atoms with van der Waals surface area (Å²) in [7, 11) is 2.08. The van der Waals surface area contributed by atoms with Gasteiger partial charge in [-0.2, -0.15) is 0 Å². The molecule has 1 saturated heterocycles. The first-order valence-corrected chi connectivity index (χ1v) is 9.58. The summed E-state index contributed by atoms with van der Waals surface area (Å²) < 4.78 is 5.95. The van der Waals surface area contributed by atoms with Gasteiger partial charge in [0.05, 0.1) is 0 Å². The average molecular weight is 375 g/mol. The number of hydrogen-bond donors (Lipinski definition) is 1. The van der Waals surface area contributed by atoms with Crippen molar-refractivity contribution in [3.05, 3.63) is 60.7 Å². The molecule has 0 bridgehead atoms. The van der Waals surface area contributed by atoms with E-state index in [1.807, 2.05) is 53.4 Å². The highest BCUT2D eigenvalue weighted by molar-refractivity contribution is 6.00. The number of anilines is 1. The third-order valence-electron chi connectivity index (χ3n) is 5.29. The predicted molar refractivity (Wildman–Crippen MR) is 113 cm³/mol. The van der Waals surface area contributed by atoms with Crippen molar-refractivity contribution in [1.29, 1.82) is 0 Å². The summed E-state index contributed by atoms with van der Waals surface area (Å²) in [6.45, 7) is 3.39. The smallest absolute Gasteiger partial charge is 0.260 e. The van der Waals surface area contributed by atoms with Gasteiger partial charge in [0, 0.05) is 37.3 Å². The molecule has 0 aliphatic carbocycles. The van der Waals surface area contributed by atoms with Gasteiger partial charge in [0.25, 0.3) is 5.91 Å². The number of nitrogen functional groups attached to an aromatic ring is 1. The second-order valence-corrected chi connectivity index (χ2v) is 7.26. The zero-order valence-electron chi connectivity index (χ0n) is 16.1. The molecule has 28 heavy (non-hydrogen) atoms. The van der Waals surface area contributed by atoms with Crippen LogP contribution in [0.3, 0.4) is 0 Å². The molecule has 1 aliphatic heterocycles. The number of fused-ring (bicyclic) bond motifs is 1. The number of carbonyl (C=O) groups is 1. The number of carbonyl (C=O) groups excluding carboxylic acids is 1. The Morgan fingerprint density at radius 2 is 1.71 bits per heavy atom. The topological polar surface area (TPSA) is 58.8 Å². The van der Waals surface area contributed by atoms with Gasteiger partial charge in [0.15, 0.2) is 6.61 Å². The lowest BCUT2D eigenvalue weighted by atomic mass is 9.97. The van der Waals surface area contributed by atoms with Crippen molar-refractivity contribution in [1.82, 2.24) is 9.80 Å². The maximum atomic E-state index is 12.5. The van der Waals surface area contributed by atoms with E-state index in [-0.39, 0.29) is 12.5 Å². The normalized spacial score (nSPS) is 15.0. The number of nitrogens with two attached hydrogens (primary N) is 1. The Kier molecular flexibility index (Phi) is 5.17. The summed E-state index contributed by atoms with van der Waals surface area (Å²) in [5.74, 6) is 0.767. The van der Waals surface area contributed by atoms with Gasteiger partial charge in [0.2, 0.25) is 0 Å². The first-order chi connectivity index (χ1) is 13.6. The van der Waals surface area contributed by atoms with Crippen molar-refractivity contribution >= 4 is 22.4 Å². The van der Waals surface area contributed by atoms with Gasteiger partial charge in [0.1, 0.15) is 5.75 Å². The van der Waals surface area contributed by atoms with Gasteiger partial charge >= 0.3 is 0 Å². The minimum Gasteiger partial charge on any atom is -0.483 e. The van der Waals surface area contributed by atoms with Crippen LogP contribution in [0.25, 0.3) is 21.9 Å². The van der Waals surface area contributed by atoms with E-state index in [4.69, 9.17) is 10.5 Å². The molecule has 0 saturated carbocycles. The number of likely N-dealkylation sites (N-methyl/N-ethyl adjacent to an activating group) is 1. The van der Waals surface area contributed by atoms with Gasteiger partial charge in [-0.05, 0) is 41.8 Å². The molecule has 4 rings (SSSR count). The van der Waals surface area contributed by atoms with Crippen LogP contribution in [0.15, 0.2) is 60.7 Å². The number of benzene rings is 3. The van der Waals surface area contributed by atoms with Crippen LogP contribution in [0.1, 0.15) is 0 Å². The van der Waals surface area contributed by atoms with Gasteiger partial charge < -0.3 is 20.3 Å². The molecule has 5 heteroatoms. The van der Waals surface area contributed by atoms with Gasteiger partial charge in [-0.25, -0.2) is 0 Å². The highest BCUT2D eigenvalue weighted by atomic mass is 16.5. The van der Waals surface area contributed by atoms with Crippen molar-refractivity contribution in [2.75, 3.05) is 45.6 Å². The summed E-state index contributed by atoms with van der Waals surface area (Å²) in [5, 5.41) is 2.08. The highest BCUT2D eigenvalue weighted by Gasteiger charge is 2.19. The quantitative estimate of drug-likeness (QED) is 0.711. The molecular formula is C23H25N3O2. The molecule has 5 nitrogen and oxygen atoms in total. The maximum absolute atomic E-state index is 12.5. The highest BCUT2D eigenvalue weighted by Crippen LogP contribution is 2.35. The SMILES string of the molecule is CN1CCN(C(=O)COc2ccc(-c3cccc(N)c3)c3ccccc23)CC1.